The third-order valence-electron chi connectivity index (χ3n) is 4.19. The number of carbonyl (C=O) groups is 1. The molecule has 4 rings (SSSR count). The van der Waals surface area contributed by atoms with Gasteiger partial charge in [0.15, 0.2) is 5.65 Å². The van der Waals surface area contributed by atoms with Crippen molar-refractivity contribution >= 4 is 34.4 Å². The van der Waals surface area contributed by atoms with Crippen LogP contribution in [0.15, 0.2) is 66.1 Å². The van der Waals surface area contributed by atoms with Crippen LogP contribution in [0.4, 0.5) is 14.5 Å². The molecule has 0 radical (unpaired) electrons. The van der Waals surface area contributed by atoms with Gasteiger partial charge in [0, 0.05) is 0 Å². The molecule has 0 fully saturated rings. The first kappa shape index (κ1) is 19.0. The normalized spacial score (nSPS) is 12.1. The zero-order chi connectivity index (χ0) is 20.4. The quantitative estimate of drug-likeness (QED) is 0.393. The van der Waals surface area contributed by atoms with E-state index in [1.165, 1.54) is 42.4 Å². The van der Waals surface area contributed by atoms with Crippen LogP contribution in [-0.4, -0.2) is 30.9 Å². The number of amides is 1. The largest absolute Gasteiger partial charge is 0.323 e. The van der Waals surface area contributed by atoms with Crippen LogP contribution >= 0.6 is 11.8 Å². The number of nitrogens with zero attached hydrogens (tertiary/aromatic N) is 4. The van der Waals surface area contributed by atoms with Gasteiger partial charge in [-0.05, 0) is 43.3 Å². The number of hydrogen-bond donors (Lipinski definition) is 1. The van der Waals surface area contributed by atoms with Gasteiger partial charge in [-0.1, -0.05) is 23.9 Å². The maximum atomic E-state index is 13.8. The first-order valence-electron chi connectivity index (χ1n) is 8.69. The Labute approximate surface area is 169 Å². The smallest absolute Gasteiger partial charge is 0.237 e. The highest BCUT2D eigenvalue weighted by atomic mass is 32.2. The molecule has 1 atom stereocenters. The summed E-state index contributed by atoms with van der Waals surface area (Å²) in [6.07, 6.45) is 2.98. The fourth-order valence-electron chi connectivity index (χ4n) is 2.71. The third kappa shape index (κ3) is 3.95. The van der Waals surface area contributed by atoms with E-state index >= 15 is 0 Å². The van der Waals surface area contributed by atoms with Crippen LogP contribution in [0.25, 0.3) is 16.7 Å². The highest BCUT2D eigenvalue weighted by Crippen LogP contribution is 2.29. The molecule has 29 heavy (non-hydrogen) atoms. The molecule has 1 unspecified atom stereocenters. The Balaban J connectivity index is 1.57. The van der Waals surface area contributed by atoms with Crippen LogP contribution in [0.3, 0.4) is 0 Å². The lowest BCUT2D eigenvalue weighted by Gasteiger charge is -2.12. The standard InChI is InChI=1S/C20H15F2N5OS/c1-12(19(28)26-17-5-3-2-4-16(17)22)29-20-15-10-25-27(18(15)23-11-24-20)14-8-6-13(21)7-9-14/h2-12H,1H3,(H,26,28). The highest BCUT2D eigenvalue weighted by molar-refractivity contribution is 8.00. The van der Waals surface area contributed by atoms with Crippen molar-refractivity contribution in [3.05, 3.63) is 72.7 Å². The molecular weight excluding hydrogens is 396 g/mol. The first-order chi connectivity index (χ1) is 14.0. The van der Waals surface area contributed by atoms with Gasteiger partial charge in [0.25, 0.3) is 0 Å². The summed E-state index contributed by atoms with van der Waals surface area (Å²) in [5, 5.41) is 7.58. The monoisotopic (exact) mass is 411 g/mol. The van der Waals surface area contributed by atoms with Crippen molar-refractivity contribution in [2.75, 3.05) is 5.32 Å². The fourth-order valence-corrected chi connectivity index (χ4v) is 3.59. The molecule has 9 heteroatoms. The predicted octanol–water partition coefficient (Wildman–Crippen LogP) is 4.21. The summed E-state index contributed by atoms with van der Waals surface area (Å²) in [6, 6.07) is 11.9. The van der Waals surface area contributed by atoms with E-state index in [0.717, 1.165) is 0 Å². The maximum absolute atomic E-state index is 13.8. The molecule has 0 aliphatic rings. The minimum absolute atomic E-state index is 0.127. The van der Waals surface area contributed by atoms with Crippen molar-refractivity contribution in [2.24, 2.45) is 0 Å². The van der Waals surface area contributed by atoms with Crippen LogP contribution in [-0.2, 0) is 4.79 Å². The Morgan fingerprint density at radius 1 is 1.10 bits per heavy atom. The number of hydrogen-bond acceptors (Lipinski definition) is 5. The molecule has 1 N–H and O–H groups in total. The van der Waals surface area contributed by atoms with Crippen LogP contribution in [0.1, 0.15) is 6.92 Å². The molecule has 2 heterocycles. The predicted molar refractivity (Wildman–Crippen MR) is 107 cm³/mol. The summed E-state index contributed by atoms with van der Waals surface area (Å²) in [5.41, 5.74) is 1.32. The Morgan fingerprint density at radius 2 is 1.86 bits per heavy atom. The molecule has 146 valence electrons. The second-order valence-corrected chi connectivity index (χ2v) is 7.51. The summed E-state index contributed by atoms with van der Waals surface area (Å²) >= 11 is 1.22. The van der Waals surface area contributed by atoms with Gasteiger partial charge in [0.2, 0.25) is 5.91 Å². The number of anilines is 1. The molecule has 0 aliphatic carbocycles. The van der Waals surface area contributed by atoms with E-state index in [9.17, 15) is 13.6 Å². The van der Waals surface area contributed by atoms with Gasteiger partial charge in [-0.15, -0.1) is 0 Å². The van der Waals surface area contributed by atoms with Gasteiger partial charge in [-0.3, -0.25) is 4.79 Å². The Kier molecular flexibility index (Phi) is 5.22. The summed E-state index contributed by atoms with van der Waals surface area (Å²) in [7, 11) is 0. The molecule has 0 saturated carbocycles. The summed E-state index contributed by atoms with van der Waals surface area (Å²) in [5.74, 6) is -1.19. The zero-order valence-electron chi connectivity index (χ0n) is 15.2. The topological polar surface area (TPSA) is 72.7 Å². The SMILES string of the molecule is CC(Sc1ncnc2c1cnn2-c1ccc(F)cc1)C(=O)Nc1ccccc1F. The van der Waals surface area contributed by atoms with E-state index in [-0.39, 0.29) is 17.4 Å². The fraction of sp³-hybridized carbons (Fsp3) is 0.100. The third-order valence-corrected chi connectivity index (χ3v) is 5.31. The molecule has 2 aromatic carbocycles. The number of para-hydroxylation sites is 1. The van der Waals surface area contributed by atoms with Crippen LogP contribution in [0.2, 0.25) is 0 Å². The number of benzene rings is 2. The number of rotatable bonds is 5. The van der Waals surface area contributed by atoms with E-state index in [1.807, 2.05) is 0 Å². The van der Waals surface area contributed by atoms with Crippen molar-refractivity contribution in [3.63, 3.8) is 0 Å². The highest BCUT2D eigenvalue weighted by Gasteiger charge is 2.19. The number of aromatic nitrogens is 4. The van der Waals surface area contributed by atoms with E-state index < -0.39 is 11.1 Å². The van der Waals surface area contributed by atoms with Gasteiger partial charge in [-0.25, -0.2) is 23.4 Å². The second kappa shape index (κ2) is 7.96. The number of carbonyl (C=O) groups excluding carboxylic acids is 1. The van der Waals surface area contributed by atoms with Crippen LogP contribution in [0.5, 0.6) is 0 Å². The number of fused-ring (bicyclic) bond motifs is 1. The second-order valence-electron chi connectivity index (χ2n) is 6.18. The maximum Gasteiger partial charge on any atom is 0.237 e. The summed E-state index contributed by atoms with van der Waals surface area (Å²) < 4.78 is 28.5. The molecular formula is C20H15F2N5OS. The lowest BCUT2D eigenvalue weighted by atomic mass is 10.3. The van der Waals surface area contributed by atoms with E-state index in [0.29, 0.717) is 21.7 Å². The average molecular weight is 411 g/mol. The summed E-state index contributed by atoms with van der Waals surface area (Å²) in [4.78, 5) is 21.0. The van der Waals surface area contributed by atoms with Crippen molar-refractivity contribution in [3.8, 4) is 5.69 Å². The lowest BCUT2D eigenvalue weighted by molar-refractivity contribution is -0.115. The van der Waals surface area contributed by atoms with Gasteiger partial charge in [0.1, 0.15) is 23.0 Å². The van der Waals surface area contributed by atoms with Crippen molar-refractivity contribution in [1.82, 2.24) is 19.7 Å². The van der Waals surface area contributed by atoms with Crippen molar-refractivity contribution in [1.29, 1.82) is 0 Å². The minimum Gasteiger partial charge on any atom is -0.323 e. The zero-order valence-corrected chi connectivity index (χ0v) is 16.0. The van der Waals surface area contributed by atoms with E-state index in [1.54, 1.807) is 42.1 Å². The molecule has 0 saturated heterocycles. The number of nitrogens with one attached hydrogen (secondary N) is 1. The Morgan fingerprint density at radius 3 is 2.62 bits per heavy atom. The average Bonchev–Trinajstić information content (AvgIpc) is 3.15. The lowest BCUT2D eigenvalue weighted by Crippen LogP contribution is -2.23. The van der Waals surface area contributed by atoms with Crippen LogP contribution in [0, 0.1) is 11.6 Å². The number of halogens is 2. The molecule has 1 amide bonds. The van der Waals surface area contributed by atoms with Crippen LogP contribution < -0.4 is 5.32 Å². The minimum atomic E-state index is -0.540. The van der Waals surface area contributed by atoms with Gasteiger partial charge >= 0.3 is 0 Å². The molecule has 4 aromatic rings. The molecule has 2 aromatic heterocycles. The van der Waals surface area contributed by atoms with E-state index in [4.69, 9.17) is 0 Å². The van der Waals surface area contributed by atoms with E-state index in [2.05, 4.69) is 20.4 Å². The first-order valence-corrected chi connectivity index (χ1v) is 9.57. The molecule has 0 bridgehead atoms. The van der Waals surface area contributed by atoms with Crippen molar-refractivity contribution in [2.45, 2.75) is 17.2 Å². The molecule has 0 spiro atoms. The van der Waals surface area contributed by atoms with Crippen molar-refractivity contribution < 1.29 is 13.6 Å². The Hall–Kier alpha value is -3.33. The molecule has 0 aliphatic heterocycles. The molecule has 6 nitrogen and oxygen atoms in total. The number of thioether (sulfide) groups is 1. The Bertz CT molecular complexity index is 1180. The van der Waals surface area contributed by atoms with Gasteiger partial charge < -0.3 is 5.32 Å². The van der Waals surface area contributed by atoms with Gasteiger partial charge in [0.05, 0.1) is 28.2 Å². The summed E-state index contributed by atoms with van der Waals surface area (Å²) in [6.45, 7) is 1.71. The van der Waals surface area contributed by atoms with Gasteiger partial charge in [-0.2, -0.15) is 5.10 Å².